The van der Waals surface area contributed by atoms with Crippen LogP contribution < -0.4 is 15.7 Å². The van der Waals surface area contributed by atoms with Crippen LogP contribution in [-0.4, -0.2) is 34.5 Å². The first-order valence-corrected chi connectivity index (χ1v) is 11.8. The summed E-state index contributed by atoms with van der Waals surface area (Å²) in [4.78, 5) is 30.2. The summed E-state index contributed by atoms with van der Waals surface area (Å²) in [7, 11) is 1.56. The molecule has 0 bridgehead atoms. The number of thioether (sulfide) groups is 1. The summed E-state index contributed by atoms with van der Waals surface area (Å²) >= 11 is 4.36. The minimum absolute atomic E-state index is 0.0563. The van der Waals surface area contributed by atoms with Gasteiger partial charge in [0.1, 0.15) is 11.6 Å². The lowest BCUT2D eigenvalue weighted by Gasteiger charge is -2.13. The van der Waals surface area contributed by atoms with Crippen molar-refractivity contribution in [1.82, 2.24) is 15.0 Å². The maximum absolute atomic E-state index is 13.8. The monoisotopic (exact) mass is 540 g/mol. The molecule has 1 aromatic heterocycles. The first-order valence-electron chi connectivity index (χ1n) is 10.0. The number of hydrazone groups is 1. The molecule has 0 atom stereocenters. The van der Waals surface area contributed by atoms with Crippen LogP contribution in [0.4, 0.5) is 4.39 Å². The third-order valence-electron chi connectivity index (χ3n) is 4.76. The lowest BCUT2D eigenvalue weighted by atomic mass is 10.2. The highest BCUT2D eigenvalue weighted by Gasteiger charge is 2.15. The number of rotatable bonds is 7. The molecule has 0 aliphatic heterocycles. The molecule has 3 aromatic carbocycles. The second-order valence-corrected chi connectivity index (χ2v) is 8.86. The Morgan fingerprint density at radius 2 is 1.97 bits per heavy atom. The first kappa shape index (κ1) is 23.7. The van der Waals surface area contributed by atoms with Gasteiger partial charge in [-0.05, 0) is 54.6 Å². The Morgan fingerprint density at radius 3 is 2.74 bits per heavy atom. The third-order valence-corrected chi connectivity index (χ3v) is 6.19. The molecule has 1 amide bonds. The second kappa shape index (κ2) is 10.6. The van der Waals surface area contributed by atoms with Gasteiger partial charge in [0.25, 0.3) is 11.5 Å². The van der Waals surface area contributed by atoms with Crippen molar-refractivity contribution in [2.45, 2.75) is 5.16 Å². The fourth-order valence-corrected chi connectivity index (χ4v) is 4.30. The molecule has 0 unspecified atom stereocenters. The largest absolute Gasteiger partial charge is 0.497 e. The van der Waals surface area contributed by atoms with Gasteiger partial charge in [0, 0.05) is 10.0 Å². The molecule has 0 aliphatic carbocycles. The van der Waals surface area contributed by atoms with E-state index in [0.29, 0.717) is 32.0 Å². The normalized spacial score (nSPS) is 11.1. The molecule has 34 heavy (non-hydrogen) atoms. The van der Waals surface area contributed by atoms with Crippen molar-refractivity contribution in [2.75, 3.05) is 12.9 Å². The third kappa shape index (κ3) is 5.35. The van der Waals surface area contributed by atoms with Gasteiger partial charge in [-0.15, -0.1) is 0 Å². The van der Waals surface area contributed by atoms with E-state index in [4.69, 9.17) is 4.74 Å². The Balaban J connectivity index is 1.57. The number of para-hydroxylation sites is 1. The number of nitrogens with one attached hydrogen (secondary N) is 1. The first-order chi connectivity index (χ1) is 16.5. The van der Waals surface area contributed by atoms with Gasteiger partial charge in [0.05, 0.1) is 35.7 Å². The second-order valence-electron chi connectivity index (χ2n) is 7.00. The zero-order valence-corrected chi connectivity index (χ0v) is 20.3. The van der Waals surface area contributed by atoms with Gasteiger partial charge in [-0.3, -0.25) is 14.2 Å². The van der Waals surface area contributed by atoms with Crippen molar-refractivity contribution in [3.8, 4) is 11.4 Å². The number of fused-ring (bicyclic) bond motifs is 1. The van der Waals surface area contributed by atoms with E-state index in [1.54, 1.807) is 67.8 Å². The molecular weight excluding hydrogens is 523 g/mol. The number of aromatic nitrogens is 2. The standard InChI is InChI=1S/C24H18BrFN4O3S/c1-33-18-9-7-17(8-10-18)30-23(32)19-4-2-3-5-21(19)28-24(30)34-14-22(31)29-27-13-15-12-16(25)6-11-20(15)26/h2-13H,14H2,1H3,(H,29,31). The van der Waals surface area contributed by atoms with E-state index in [1.807, 2.05) is 0 Å². The predicted molar refractivity (Wildman–Crippen MR) is 134 cm³/mol. The highest BCUT2D eigenvalue weighted by atomic mass is 79.9. The Morgan fingerprint density at radius 1 is 1.21 bits per heavy atom. The molecule has 1 heterocycles. The summed E-state index contributed by atoms with van der Waals surface area (Å²) in [6.07, 6.45) is 1.23. The van der Waals surface area contributed by atoms with Gasteiger partial charge in [-0.2, -0.15) is 5.10 Å². The molecule has 0 spiro atoms. The molecule has 4 aromatic rings. The summed E-state index contributed by atoms with van der Waals surface area (Å²) in [6.45, 7) is 0. The Hall–Kier alpha value is -3.50. The summed E-state index contributed by atoms with van der Waals surface area (Å²) in [5.41, 5.74) is 3.47. The summed E-state index contributed by atoms with van der Waals surface area (Å²) in [5.74, 6) is -0.294. The minimum Gasteiger partial charge on any atom is -0.497 e. The summed E-state index contributed by atoms with van der Waals surface area (Å²) < 4.78 is 21.2. The van der Waals surface area contributed by atoms with Crippen LogP contribution >= 0.6 is 27.7 Å². The van der Waals surface area contributed by atoms with Crippen LogP contribution in [0.2, 0.25) is 0 Å². The maximum Gasteiger partial charge on any atom is 0.266 e. The van der Waals surface area contributed by atoms with Crippen LogP contribution in [0.3, 0.4) is 0 Å². The average Bonchev–Trinajstić information content (AvgIpc) is 2.85. The van der Waals surface area contributed by atoms with E-state index < -0.39 is 11.7 Å². The molecule has 4 rings (SSSR count). The van der Waals surface area contributed by atoms with E-state index >= 15 is 0 Å². The van der Waals surface area contributed by atoms with E-state index in [1.165, 1.54) is 16.8 Å². The molecule has 10 heteroatoms. The van der Waals surface area contributed by atoms with Gasteiger partial charge < -0.3 is 4.74 Å². The Bertz CT molecular complexity index is 1440. The van der Waals surface area contributed by atoms with E-state index in [-0.39, 0.29) is 16.9 Å². The number of halogens is 2. The van der Waals surface area contributed by atoms with Crippen molar-refractivity contribution < 1.29 is 13.9 Å². The van der Waals surface area contributed by atoms with E-state index in [2.05, 4.69) is 31.4 Å². The number of nitrogens with zero attached hydrogens (tertiary/aromatic N) is 3. The molecule has 0 aliphatic rings. The number of hydrogen-bond acceptors (Lipinski definition) is 6. The molecule has 0 saturated carbocycles. The van der Waals surface area contributed by atoms with E-state index in [9.17, 15) is 14.0 Å². The SMILES string of the molecule is COc1ccc(-n2c(SCC(=O)NN=Cc3cc(Br)ccc3F)nc3ccccc3c2=O)cc1. The molecule has 1 N–H and O–H groups in total. The van der Waals surface area contributed by atoms with Crippen molar-refractivity contribution in [3.63, 3.8) is 0 Å². The van der Waals surface area contributed by atoms with Crippen LogP contribution in [0.1, 0.15) is 5.56 Å². The zero-order chi connectivity index (χ0) is 24.1. The quantitative estimate of drug-likeness (QED) is 0.161. The Kier molecular flexibility index (Phi) is 7.39. The topological polar surface area (TPSA) is 85.6 Å². The van der Waals surface area contributed by atoms with Gasteiger partial charge in [0.2, 0.25) is 0 Å². The van der Waals surface area contributed by atoms with Crippen molar-refractivity contribution in [2.24, 2.45) is 5.10 Å². The lowest BCUT2D eigenvalue weighted by molar-refractivity contribution is -0.118. The summed E-state index contributed by atoms with van der Waals surface area (Å²) in [6, 6.07) is 18.4. The van der Waals surface area contributed by atoms with Crippen molar-refractivity contribution in [1.29, 1.82) is 0 Å². The van der Waals surface area contributed by atoms with Gasteiger partial charge >= 0.3 is 0 Å². The van der Waals surface area contributed by atoms with Gasteiger partial charge in [0.15, 0.2) is 5.16 Å². The van der Waals surface area contributed by atoms with Crippen molar-refractivity contribution >= 4 is 50.7 Å². The average molecular weight is 541 g/mol. The van der Waals surface area contributed by atoms with Gasteiger partial charge in [-0.25, -0.2) is 14.8 Å². The number of hydrogen-bond donors (Lipinski definition) is 1. The molecular formula is C24H18BrFN4O3S. The van der Waals surface area contributed by atoms with Crippen LogP contribution in [0, 0.1) is 5.82 Å². The zero-order valence-electron chi connectivity index (χ0n) is 17.9. The smallest absolute Gasteiger partial charge is 0.266 e. The number of amides is 1. The lowest BCUT2D eigenvalue weighted by Crippen LogP contribution is -2.24. The predicted octanol–water partition coefficient (Wildman–Crippen LogP) is 4.54. The highest BCUT2D eigenvalue weighted by molar-refractivity contribution is 9.10. The Labute approximate surface area is 206 Å². The van der Waals surface area contributed by atoms with Crippen LogP contribution in [0.15, 0.2) is 86.3 Å². The van der Waals surface area contributed by atoms with E-state index in [0.717, 1.165) is 11.8 Å². The fraction of sp³-hybridized carbons (Fsp3) is 0.0833. The van der Waals surface area contributed by atoms with Crippen LogP contribution in [-0.2, 0) is 4.79 Å². The number of methoxy groups -OCH3 is 1. The fourth-order valence-electron chi connectivity index (χ4n) is 3.12. The number of benzene rings is 3. The maximum atomic E-state index is 13.8. The molecule has 7 nitrogen and oxygen atoms in total. The minimum atomic E-state index is -0.459. The molecule has 0 fully saturated rings. The molecule has 172 valence electrons. The van der Waals surface area contributed by atoms with Gasteiger partial charge in [-0.1, -0.05) is 39.8 Å². The number of carbonyl (C=O) groups excluding carboxylic acids is 1. The number of carbonyl (C=O) groups is 1. The summed E-state index contributed by atoms with van der Waals surface area (Å²) in [5, 5.41) is 4.64. The van der Waals surface area contributed by atoms with Crippen molar-refractivity contribution in [3.05, 3.63) is 92.9 Å². The molecule has 0 saturated heterocycles. The van der Waals surface area contributed by atoms with Crippen LogP contribution in [0.5, 0.6) is 5.75 Å². The highest BCUT2D eigenvalue weighted by Crippen LogP contribution is 2.22. The van der Waals surface area contributed by atoms with Crippen LogP contribution in [0.25, 0.3) is 16.6 Å². The number of ether oxygens (including phenoxy) is 1. The molecule has 0 radical (unpaired) electrons.